The van der Waals surface area contributed by atoms with Gasteiger partial charge in [-0.3, -0.25) is 4.90 Å². The maximum Gasteiger partial charge on any atom is 0.387 e. The molecule has 9 nitrogen and oxygen atoms in total. The molecule has 1 N–H and O–H groups in total. The summed E-state index contributed by atoms with van der Waals surface area (Å²) in [4.78, 5) is 17.2. The highest BCUT2D eigenvalue weighted by molar-refractivity contribution is 5.83. The molecule has 1 saturated heterocycles. The summed E-state index contributed by atoms with van der Waals surface area (Å²) in [5.74, 6) is -0.471. The second-order valence-electron chi connectivity index (χ2n) is 10.7. The number of methoxy groups -OCH3 is 1. The molecule has 0 spiro atoms. The lowest BCUT2D eigenvalue weighted by atomic mass is 10.1. The molecule has 0 saturated carbocycles. The van der Waals surface area contributed by atoms with E-state index in [9.17, 15) is 8.78 Å². The topological polar surface area (TPSA) is 80.6 Å². The highest BCUT2D eigenvalue weighted by atomic mass is 19.3. The van der Waals surface area contributed by atoms with Crippen LogP contribution in [-0.2, 0) is 6.54 Å². The molecule has 0 bridgehead atoms. The van der Waals surface area contributed by atoms with Crippen LogP contribution in [0, 0.1) is 18.6 Å². The number of nitrogens with zero attached hydrogens (tertiary/aromatic N) is 6. The van der Waals surface area contributed by atoms with Crippen molar-refractivity contribution in [2.45, 2.75) is 46.9 Å². The highest BCUT2D eigenvalue weighted by Crippen LogP contribution is 2.37. The van der Waals surface area contributed by atoms with Crippen molar-refractivity contribution in [2.24, 2.45) is 0 Å². The van der Waals surface area contributed by atoms with E-state index in [0.29, 0.717) is 29.2 Å². The molecule has 0 radical (unpaired) electrons. The van der Waals surface area contributed by atoms with E-state index in [1.807, 2.05) is 18.4 Å². The monoisotopic (exact) mass is 601 g/mol. The molecule has 1 fully saturated rings. The number of anilines is 2. The standard InChI is InChI=1S/C30H35F4N7O2/c1-6-39-7-9-40(10-8-39)16-20-13-26(42-5)23(14-25(20)43-29(33)34)37-30-35-15-22(32)27(38-30)19-11-21(31)28-24(12-19)41(17(2)3)18(4)36-28/h11-15,17,29H,6-10,16H2,1-5H3,(H,35,37,38). The Kier molecular flexibility index (Phi) is 9.02. The van der Waals surface area contributed by atoms with Gasteiger partial charge in [-0.15, -0.1) is 0 Å². The van der Waals surface area contributed by atoms with Gasteiger partial charge in [0.15, 0.2) is 11.6 Å². The molecule has 3 heterocycles. The molecule has 13 heteroatoms. The fourth-order valence-electron chi connectivity index (χ4n) is 5.51. The van der Waals surface area contributed by atoms with E-state index in [-0.39, 0.29) is 40.2 Å². The predicted octanol–water partition coefficient (Wildman–Crippen LogP) is 6.15. The van der Waals surface area contributed by atoms with Crippen molar-refractivity contribution >= 4 is 22.7 Å². The van der Waals surface area contributed by atoms with Gasteiger partial charge in [0.05, 0.1) is 24.5 Å². The highest BCUT2D eigenvalue weighted by Gasteiger charge is 2.22. The first-order chi connectivity index (χ1) is 20.6. The third-order valence-corrected chi connectivity index (χ3v) is 7.61. The van der Waals surface area contributed by atoms with E-state index in [2.05, 4.69) is 37.0 Å². The van der Waals surface area contributed by atoms with Crippen molar-refractivity contribution in [3.05, 3.63) is 53.5 Å². The molecule has 0 amide bonds. The smallest absolute Gasteiger partial charge is 0.387 e. The molecule has 0 aliphatic carbocycles. The summed E-state index contributed by atoms with van der Waals surface area (Å²) in [5.41, 5.74) is 1.53. The van der Waals surface area contributed by atoms with E-state index in [0.717, 1.165) is 38.9 Å². The van der Waals surface area contributed by atoms with Gasteiger partial charge in [0, 0.05) is 56.0 Å². The Morgan fingerprint density at radius 1 is 0.953 bits per heavy atom. The summed E-state index contributed by atoms with van der Waals surface area (Å²) >= 11 is 0. The number of rotatable bonds is 10. The number of piperazine rings is 1. The van der Waals surface area contributed by atoms with Crippen LogP contribution >= 0.6 is 0 Å². The molecule has 0 unspecified atom stereocenters. The number of ether oxygens (including phenoxy) is 2. The lowest BCUT2D eigenvalue weighted by Crippen LogP contribution is -2.45. The molecule has 0 atom stereocenters. The number of aryl methyl sites for hydroxylation is 1. The summed E-state index contributed by atoms with van der Waals surface area (Å²) in [6, 6.07) is 5.84. The van der Waals surface area contributed by atoms with Gasteiger partial charge < -0.3 is 24.3 Å². The van der Waals surface area contributed by atoms with Crippen LogP contribution in [0.3, 0.4) is 0 Å². The molecular weight excluding hydrogens is 566 g/mol. The number of imidazole rings is 1. The van der Waals surface area contributed by atoms with Gasteiger partial charge in [-0.1, -0.05) is 6.92 Å². The van der Waals surface area contributed by atoms with Crippen LogP contribution in [-0.4, -0.2) is 75.8 Å². The first-order valence-electron chi connectivity index (χ1n) is 14.2. The maximum atomic E-state index is 15.1. The van der Waals surface area contributed by atoms with Crippen LogP contribution < -0.4 is 14.8 Å². The number of hydrogen-bond acceptors (Lipinski definition) is 8. The van der Waals surface area contributed by atoms with Gasteiger partial charge in [-0.2, -0.15) is 8.78 Å². The molecule has 1 aliphatic rings. The van der Waals surface area contributed by atoms with Crippen molar-refractivity contribution in [1.29, 1.82) is 0 Å². The molecular formula is C30H35F4N7O2. The second-order valence-corrected chi connectivity index (χ2v) is 10.7. The number of halogens is 4. The van der Waals surface area contributed by atoms with Crippen molar-refractivity contribution in [1.82, 2.24) is 29.3 Å². The third kappa shape index (κ3) is 6.52. The quantitative estimate of drug-likeness (QED) is 0.217. The Balaban J connectivity index is 1.48. The van der Waals surface area contributed by atoms with Crippen molar-refractivity contribution in [3.63, 3.8) is 0 Å². The summed E-state index contributed by atoms with van der Waals surface area (Å²) in [5, 5.41) is 2.93. The third-order valence-electron chi connectivity index (χ3n) is 7.61. The van der Waals surface area contributed by atoms with Gasteiger partial charge >= 0.3 is 6.61 Å². The maximum absolute atomic E-state index is 15.1. The van der Waals surface area contributed by atoms with Crippen LogP contribution in [0.15, 0.2) is 30.5 Å². The summed E-state index contributed by atoms with van der Waals surface area (Å²) in [6.07, 6.45) is 0.963. The van der Waals surface area contributed by atoms with Crippen molar-refractivity contribution < 1.29 is 27.0 Å². The molecule has 2 aromatic carbocycles. The van der Waals surface area contributed by atoms with Crippen LogP contribution in [0.4, 0.5) is 29.2 Å². The van der Waals surface area contributed by atoms with E-state index in [1.165, 1.54) is 19.2 Å². The van der Waals surface area contributed by atoms with Crippen molar-refractivity contribution in [3.8, 4) is 22.8 Å². The van der Waals surface area contributed by atoms with E-state index >= 15 is 8.78 Å². The molecule has 1 aliphatic heterocycles. The lowest BCUT2D eigenvalue weighted by molar-refractivity contribution is -0.0508. The number of alkyl halides is 2. The Morgan fingerprint density at radius 2 is 1.67 bits per heavy atom. The first kappa shape index (κ1) is 30.5. The normalized spacial score (nSPS) is 14.7. The zero-order valence-electron chi connectivity index (χ0n) is 24.8. The number of benzene rings is 2. The minimum Gasteiger partial charge on any atom is -0.495 e. The Bertz CT molecular complexity index is 1600. The molecule has 5 rings (SSSR count). The zero-order chi connectivity index (χ0) is 30.8. The Hall–Kier alpha value is -3.97. The Morgan fingerprint density at radius 3 is 2.33 bits per heavy atom. The number of aromatic nitrogens is 4. The number of nitrogens with one attached hydrogen (secondary N) is 1. The second kappa shape index (κ2) is 12.7. The number of fused-ring (bicyclic) bond motifs is 1. The summed E-state index contributed by atoms with van der Waals surface area (Å²) < 4.78 is 69.3. The first-order valence-corrected chi connectivity index (χ1v) is 14.2. The lowest BCUT2D eigenvalue weighted by Gasteiger charge is -2.34. The van der Waals surface area contributed by atoms with Gasteiger partial charge in [0.1, 0.15) is 28.5 Å². The molecule has 2 aromatic heterocycles. The average molecular weight is 602 g/mol. The van der Waals surface area contributed by atoms with Crippen LogP contribution in [0.5, 0.6) is 11.5 Å². The fourth-order valence-corrected chi connectivity index (χ4v) is 5.51. The van der Waals surface area contributed by atoms with Gasteiger partial charge in [0.25, 0.3) is 0 Å². The molecule has 230 valence electrons. The number of hydrogen-bond donors (Lipinski definition) is 1. The molecule has 43 heavy (non-hydrogen) atoms. The van der Waals surface area contributed by atoms with E-state index in [4.69, 9.17) is 9.47 Å². The van der Waals surface area contributed by atoms with E-state index < -0.39 is 18.2 Å². The largest absolute Gasteiger partial charge is 0.495 e. The van der Waals surface area contributed by atoms with E-state index in [1.54, 1.807) is 19.1 Å². The van der Waals surface area contributed by atoms with Gasteiger partial charge in [-0.05, 0) is 45.5 Å². The minimum absolute atomic E-state index is 0.00633. The van der Waals surface area contributed by atoms with Crippen LogP contribution in [0.25, 0.3) is 22.3 Å². The Labute approximate surface area is 247 Å². The summed E-state index contributed by atoms with van der Waals surface area (Å²) in [7, 11) is 1.45. The SMILES string of the molecule is CCN1CCN(Cc2cc(OC)c(Nc3ncc(F)c(-c4cc(F)c5nc(C)n(C(C)C)c5c4)n3)cc2OC(F)F)CC1. The predicted molar refractivity (Wildman–Crippen MR) is 156 cm³/mol. The minimum atomic E-state index is -3.04. The fraction of sp³-hybridized carbons (Fsp3) is 0.433. The van der Waals surface area contributed by atoms with Gasteiger partial charge in [0.2, 0.25) is 5.95 Å². The van der Waals surface area contributed by atoms with Crippen LogP contribution in [0.1, 0.15) is 38.2 Å². The number of likely N-dealkylation sites (N-methyl/N-ethyl adjacent to an activating group) is 1. The summed E-state index contributed by atoms with van der Waals surface area (Å²) in [6.45, 7) is 9.45. The van der Waals surface area contributed by atoms with Crippen LogP contribution in [0.2, 0.25) is 0 Å². The van der Waals surface area contributed by atoms with Gasteiger partial charge in [-0.25, -0.2) is 23.7 Å². The van der Waals surface area contributed by atoms with Crippen molar-refractivity contribution in [2.75, 3.05) is 45.2 Å². The molecule has 4 aromatic rings. The average Bonchev–Trinajstić information content (AvgIpc) is 3.32. The zero-order valence-corrected chi connectivity index (χ0v) is 24.8.